The fourth-order valence-corrected chi connectivity index (χ4v) is 1.87. The van der Waals surface area contributed by atoms with E-state index in [0.29, 0.717) is 12.4 Å². The first-order valence-electron chi connectivity index (χ1n) is 4.91. The first kappa shape index (κ1) is 11.7. The molecule has 7 heteroatoms. The summed E-state index contributed by atoms with van der Waals surface area (Å²) < 4.78 is 24.0. The molecule has 0 fully saturated rings. The Labute approximate surface area is 99.0 Å². The maximum absolute atomic E-state index is 11.3. The Morgan fingerprint density at radius 3 is 2.82 bits per heavy atom. The zero-order chi connectivity index (χ0) is 12.5. The fraction of sp³-hybridized carbons (Fsp3) is 0.200. The smallest absolute Gasteiger partial charge is 0.178 e. The van der Waals surface area contributed by atoms with Gasteiger partial charge in [-0.15, -0.1) is 0 Å². The van der Waals surface area contributed by atoms with Gasteiger partial charge in [-0.2, -0.15) is 5.10 Å². The second-order valence-corrected chi connectivity index (χ2v) is 5.63. The van der Waals surface area contributed by atoms with Crippen molar-refractivity contribution in [3.8, 4) is 5.82 Å². The Bertz CT molecular complexity index is 633. The van der Waals surface area contributed by atoms with E-state index in [0.717, 1.165) is 11.8 Å². The molecule has 0 atom stereocenters. The molecule has 0 aliphatic rings. The summed E-state index contributed by atoms with van der Waals surface area (Å²) in [5.74, 6) is 0.544. The SMILES string of the molecule is CS(=O)(=O)c1cnn(-c2cc(CN)ccn2)c1. The van der Waals surface area contributed by atoms with Gasteiger partial charge >= 0.3 is 0 Å². The first-order chi connectivity index (χ1) is 8.00. The molecule has 2 heterocycles. The van der Waals surface area contributed by atoms with E-state index in [4.69, 9.17) is 5.73 Å². The first-order valence-corrected chi connectivity index (χ1v) is 6.80. The van der Waals surface area contributed by atoms with Crippen LogP contribution in [0.1, 0.15) is 5.56 Å². The summed E-state index contributed by atoms with van der Waals surface area (Å²) in [4.78, 5) is 4.27. The largest absolute Gasteiger partial charge is 0.326 e. The molecule has 0 aliphatic carbocycles. The van der Waals surface area contributed by atoms with E-state index >= 15 is 0 Å². The monoisotopic (exact) mass is 252 g/mol. The molecule has 0 radical (unpaired) electrons. The second-order valence-electron chi connectivity index (χ2n) is 3.62. The normalized spacial score (nSPS) is 11.6. The molecule has 2 aromatic rings. The molecule has 6 nitrogen and oxygen atoms in total. The van der Waals surface area contributed by atoms with Gasteiger partial charge in [-0.05, 0) is 17.7 Å². The molecule has 0 amide bonds. The maximum Gasteiger partial charge on any atom is 0.178 e. The van der Waals surface area contributed by atoms with Gasteiger partial charge in [0.15, 0.2) is 15.7 Å². The second kappa shape index (κ2) is 4.27. The molecule has 17 heavy (non-hydrogen) atoms. The van der Waals surface area contributed by atoms with Crippen molar-refractivity contribution in [1.29, 1.82) is 0 Å². The maximum atomic E-state index is 11.3. The zero-order valence-corrected chi connectivity index (χ0v) is 10.1. The predicted octanol–water partition coefficient (Wildman–Crippen LogP) is 0.129. The minimum atomic E-state index is -3.24. The van der Waals surface area contributed by atoms with Crippen LogP contribution in [-0.4, -0.2) is 29.4 Å². The Balaban J connectivity index is 2.43. The number of rotatable bonds is 3. The highest BCUT2D eigenvalue weighted by molar-refractivity contribution is 7.90. The van der Waals surface area contributed by atoms with Crippen LogP contribution in [0.25, 0.3) is 5.82 Å². The number of nitrogens with two attached hydrogens (primary N) is 1. The van der Waals surface area contributed by atoms with E-state index in [1.165, 1.54) is 17.1 Å². The van der Waals surface area contributed by atoms with Crippen molar-refractivity contribution in [2.24, 2.45) is 5.73 Å². The number of hydrogen-bond donors (Lipinski definition) is 1. The highest BCUT2D eigenvalue weighted by atomic mass is 32.2. The Morgan fingerprint density at radius 1 is 1.47 bits per heavy atom. The average Bonchev–Trinajstić information content (AvgIpc) is 2.78. The average molecular weight is 252 g/mol. The summed E-state index contributed by atoms with van der Waals surface area (Å²) in [5, 5.41) is 3.96. The molecule has 0 spiro atoms. The van der Waals surface area contributed by atoms with Crippen LogP contribution < -0.4 is 5.73 Å². The predicted molar refractivity (Wildman–Crippen MR) is 62.4 cm³/mol. The van der Waals surface area contributed by atoms with Gasteiger partial charge in [-0.25, -0.2) is 18.1 Å². The van der Waals surface area contributed by atoms with Gasteiger partial charge in [-0.1, -0.05) is 0 Å². The van der Waals surface area contributed by atoms with Gasteiger partial charge in [0.1, 0.15) is 4.90 Å². The van der Waals surface area contributed by atoms with Gasteiger partial charge in [0.25, 0.3) is 0 Å². The molecule has 90 valence electrons. The van der Waals surface area contributed by atoms with Gasteiger partial charge in [-0.3, -0.25) is 0 Å². The minimum absolute atomic E-state index is 0.164. The van der Waals surface area contributed by atoms with Crippen molar-refractivity contribution >= 4 is 9.84 Å². The lowest BCUT2D eigenvalue weighted by Crippen LogP contribution is -2.02. The topological polar surface area (TPSA) is 90.9 Å². The highest BCUT2D eigenvalue weighted by Crippen LogP contribution is 2.11. The summed E-state index contributed by atoms with van der Waals surface area (Å²) in [5.41, 5.74) is 6.43. The van der Waals surface area contributed by atoms with E-state index in [-0.39, 0.29) is 4.90 Å². The standard InChI is InChI=1S/C10H12N4O2S/c1-17(15,16)9-6-13-14(7-9)10-4-8(5-11)2-3-12-10/h2-4,6-7H,5,11H2,1H3. The Morgan fingerprint density at radius 2 is 2.24 bits per heavy atom. The summed E-state index contributed by atoms with van der Waals surface area (Å²) in [6, 6.07) is 3.56. The molecular formula is C10H12N4O2S. The van der Waals surface area contributed by atoms with Crippen LogP contribution in [0.4, 0.5) is 0 Å². The molecular weight excluding hydrogens is 240 g/mol. The Kier molecular flexibility index (Phi) is 2.95. The lowest BCUT2D eigenvalue weighted by molar-refractivity contribution is 0.602. The van der Waals surface area contributed by atoms with Crippen molar-refractivity contribution in [3.63, 3.8) is 0 Å². The van der Waals surface area contributed by atoms with Crippen molar-refractivity contribution in [1.82, 2.24) is 14.8 Å². The van der Waals surface area contributed by atoms with E-state index in [1.54, 1.807) is 18.3 Å². The molecule has 2 aromatic heterocycles. The summed E-state index contributed by atoms with van der Waals surface area (Å²) >= 11 is 0. The van der Waals surface area contributed by atoms with Crippen LogP contribution in [0.2, 0.25) is 0 Å². The van der Waals surface area contributed by atoms with Gasteiger partial charge in [0, 0.05) is 19.0 Å². The zero-order valence-electron chi connectivity index (χ0n) is 9.24. The van der Waals surface area contributed by atoms with E-state index < -0.39 is 9.84 Å². The third-order valence-electron chi connectivity index (χ3n) is 2.27. The van der Waals surface area contributed by atoms with Crippen LogP contribution in [0.15, 0.2) is 35.6 Å². The van der Waals surface area contributed by atoms with Gasteiger partial charge < -0.3 is 5.73 Å². The molecule has 0 aliphatic heterocycles. The van der Waals surface area contributed by atoms with Crippen molar-refractivity contribution in [3.05, 3.63) is 36.3 Å². The molecule has 0 aromatic carbocycles. The molecule has 0 saturated carbocycles. The van der Waals surface area contributed by atoms with Crippen LogP contribution in [-0.2, 0) is 16.4 Å². The number of nitrogens with zero attached hydrogens (tertiary/aromatic N) is 3. The fourth-order valence-electron chi connectivity index (χ4n) is 1.34. The van der Waals surface area contributed by atoms with Crippen molar-refractivity contribution in [2.45, 2.75) is 11.4 Å². The van der Waals surface area contributed by atoms with Gasteiger partial charge in [0.2, 0.25) is 0 Å². The van der Waals surface area contributed by atoms with Crippen LogP contribution in [0, 0.1) is 0 Å². The third kappa shape index (κ3) is 2.51. The Hall–Kier alpha value is -1.73. The van der Waals surface area contributed by atoms with Crippen LogP contribution >= 0.6 is 0 Å². The third-order valence-corrected chi connectivity index (χ3v) is 3.33. The van der Waals surface area contributed by atoms with E-state index in [2.05, 4.69) is 10.1 Å². The van der Waals surface area contributed by atoms with Crippen LogP contribution in [0.3, 0.4) is 0 Å². The summed E-state index contributed by atoms with van der Waals surface area (Å²) in [6.45, 7) is 0.399. The minimum Gasteiger partial charge on any atom is -0.326 e. The number of sulfone groups is 1. The number of aromatic nitrogens is 3. The number of pyridine rings is 1. The van der Waals surface area contributed by atoms with Crippen molar-refractivity contribution < 1.29 is 8.42 Å². The van der Waals surface area contributed by atoms with Gasteiger partial charge in [0.05, 0.1) is 12.4 Å². The van der Waals surface area contributed by atoms with E-state index in [9.17, 15) is 8.42 Å². The molecule has 2 N–H and O–H groups in total. The number of hydrogen-bond acceptors (Lipinski definition) is 5. The lowest BCUT2D eigenvalue weighted by atomic mass is 10.2. The van der Waals surface area contributed by atoms with Crippen LogP contribution in [0.5, 0.6) is 0 Å². The molecule has 0 unspecified atom stereocenters. The quantitative estimate of drug-likeness (QED) is 0.838. The molecule has 0 saturated heterocycles. The van der Waals surface area contributed by atoms with Crippen molar-refractivity contribution in [2.75, 3.05) is 6.26 Å². The van der Waals surface area contributed by atoms with E-state index in [1.807, 2.05) is 0 Å². The summed E-state index contributed by atoms with van der Waals surface area (Å²) in [7, 11) is -3.24. The highest BCUT2D eigenvalue weighted by Gasteiger charge is 2.11. The summed E-state index contributed by atoms with van der Waals surface area (Å²) in [6.07, 6.45) is 5.47. The molecule has 2 rings (SSSR count). The lowest BCUT2D eigenvalue weighted by Gasteiger charge is -2.01. The molecule has 0 bridgehead atoms.